The molecule has 0 fully saturated rings. The molecule has 2 aromatic heterocycles. The lowest BCUT2D eigenvalue weighted by Crippen LogP contribution is -2.28. The molecule has 7 heteroatoms. The largest absolute Gasteiger partial charge is 0.351 e. The van der Waals surface area contributed by atoms with Gasteiger partial charge in [-0.05, 0) is 12.1 Å². The second-order valence-corrected chi connectivity index (χ2v) is 5.02. The Morgan fingerprint density at radius 2 is 1.83 bits per heavy atom. The Kier molecular flexibility index (Phi) is 4.01. The number of fused-ring (bicyclic) bond motifs is 1. The van der Waals surface area contributed by atoms with Crippen LogP contribution in [0.25, 0.3) is 10.8 Å². The van der Waals surface area contributed by atoms with Crippen molar-refractivity contribution >= 4 is 16.7 Å². The molecule has 0 aliphatic rings. The first-order valence-corrected chi connectivity index (χ1v) is 7.05. The third kappa shape index (κ3) is 3.18. The van der Waals surface area contributed by atoms with Gasteiger partial charge >= 0.3 is 0 Å². The molecule has 0 unspecified atom stereocenters. The van der Waals surface area contributed by atoms with Gasteiger partial charge in [0.1, 0.15) is 0 Å². The molecule has 0 bridgehead atoms. The summed E-state index contributed by atoms with van der Waals surface area (Å²) in [6.45, 7) is 0.135. The average molecular weight is 310 g/mol. The van der Waals surface area contributed by atoms with Gasteiger partial charge in [-0.25, -0.2) is 5.10 Å². The molecule has 3 rings (SSSR count). The predicted molar refractivity (Wildman–Crippen MR) is 85.0 cm³/mol. The molecule has 0 saturated carbocycles. The zero-order valence-corrected chi connectivity index (χ0v) is 12.1. The maximum atomic E-state index is 12.1. The number of hydrogen-bond acceptors (Lipinski definition) is 4. The van der Waals surface area contributed by atoms with Gasteiger partial charge in [-0.1, -0.05) is 24.3 Å². The highest BCUT2D eigenvalue weighted by Crippen LogP contribution is 2.12. The molecule has 0 radical (unpaired) electrons. The van der Waals surface area contributed by atoms with Crippen molar-refractivity contribution in [1.29, 1.82) is 0 Å². The highest BCUT2D eigenvalue weighted by molar-refractivity contribution is 5.88. The third-order valence-electron chi connectivity index (χ3n) is 3.48. The van der Waals surface area contributed by atoms with Gasteiger partial charge in [-0.2, -0.15) is 5.10 Å². The van der Waals surface area contributed by atoms with Gasteiger partial charge in [0.15, 0.2) is 0 Å². The lowest BCUT2D eigenvalue weighted by molar-refractivity contribution is -0.120. The monoisotopic (exact) mass is 310 g/mol. The van der Waals surface area contributed by atoms with E-state index in [2.05, 4.69) is 20.5 Å². The number of aromatic nitrogens is 3. The topological polar surface area (TPSA) is 108 Å². The number of aromatic amines is 2. The minimum atomic E-state index is -0.291. The molecule has 2 heterocycles. The minimum Gasteiger partial charge on any atom is -0.351 e. The number of carbonyl (C=O) groups is 1. The van der Waals surface area contributed by atoms with E-state index in [-0.39, 0.29) is 30.0 Å². The van der Waals surface area contributed by atoms with E-state index < -0.39 is 0 Å². The van der Waals surface area contributed by atoms with Gasteiger partial charge in [0, 0.05) is 23.7 Å². The summed E-state index contributed by atoms with van der Waals surface area (Å²) in [6.07, 6.45) is 1.55. The number of benzene rings is 1. The Morgan fingerprint density at radius 3 is 2.61 bits per heavy atom. The van der Waals surface area contributed by atoms with Gasteiger partial charge in [-0.15, -0.1) is 0 Å². The van der Waals surface area contributed by atoms with E-state index >= 15 is 0 Å². The van der Waals surface area contributed by atoms with Crippen molar-refractivity contribution in [1.82, 2.24) is 20.5 Å². The van der Waals surface area contributed by atoms with Crippen LogP contribution < -0.4 is 16.4 Å². The van der Waals surface area contributed by atoms with Crippen molar-refractivity contribution in [2.45, 2.75) is 13.0 Å². The summed E-state index contributed by atoms with van der Waals surface area (Å²) in [5, 5.41) is 10.2. The second kappa shape index (κ2) is 6.27. The zero-order chi connectivity index (χ0) is 16.2. The quantitative estimate of drug-likeness (QED) is 0.651. The van der Waals surface area contributed by atoms with E-state index in [1.54, 1.807) is 36.4 Å². The molecule has 23 heavy (non-hydrogen) atoms. The van der Waals surface area contributed by atoms with E-state index in [9.17, 15) is 14.4 Å². The predicted octanol–water partition coefficient (Wildman–Crippen LogP) is 0.470. The maximum Gasteiger partial charge on any atom is 0.272 e. The van der Waals surface area contributed by atoms with Crippen LogP contribution in [0.4, 0.5) is 0 Å². The van der Waals surface area contributed by atoms with Crippen LogP contribution in [0.5, 0.6) is 0 Å². The summed E-state index contributed by atoms with van der Waals surface area (Å²) in [6, 6.07) is 10.3. The van der Waals surface area contributed by atoms with Crippen LogP contribution >= 0.6 is 0 Å². The zero-order valence-electron chi connectivity index (χ0n) is 12.1. The van der Waals surface area contributed by atoms with Crippen LogP contribution in [0.2, 0.25) is 0 Å². The summed E-state index contributed by atoms with van der Waals surface area (Å²) in [7, 11) is 0. The lowest BCUT2D eigenvalue weighted by atomic mass is 10.1. The molecule has 116 valence electrons. The van der Waals surface area contributed by atoms with Crippen molar-refractivity contribution < 1.29 is 4.79 Å². The summed E-state index contributed by atoms with van der Waals surface area (Å²) in [4.78, 5) is 37.9. The fourth-order valence-corrected chi connectivity index (χ4v) is 2.31. The van der Waals surface area contributed by atoms with E-state index in [0.717, 1.165) is 0 Å². The first kappa shape index (κ1) is 14.7. The minimum absolute atomic E-state index is 0.0159. The Hall–Kier alpha value is -3.22. The Balaban J connectivity index is 1.76. The van der Waals surface area contributed by atoms with E-state index in [0.29, 0.717) is 22.0 Å². The molecule has 0 aliphatic carbocycles. The molecular formula is C16H14N4O3. The van der Waals surface area contributed by atoms with Crippen LogP contribution in [0, 0.1) is 0 Å². The number of amides is 1. The summed E-state index contributed by atoms with van der Waals surface area (Å²) >= 11 is 0. The number of hydrogen-bond donors (Lipinski definition) is 3. The average Bonchev–Trinajstić information content (AvgIpc) is 2.57. The van der Waals surface area contributed by atoms with Gasteiger partial charge < -0.3 is 10.3 Å². The maximum absolute atomic E-state index is 12.1. The molecule has 0 aliphatic heterocycles. The highest BCUT2D eigenvalue weighted by atomic mass is 16.2. The van der Waals surface area contributed by atoms with Crippen LogP contribution in [0.15, 0.2) is 52.2 Å². The van der Waals surface area contributed by atoms with Crippen molar-refractivity contribution in [2.24, 2.45) is 0 Å². The molecule has 1 aromatic carbocycles. The Bertz CT molecular complexity index is 974. The molecular weight excluding hydrogens is 296 g/mol. The highest BCUT2D eigenvalue weighted by Gasteiger charge is 2.11. The number of H-pyrrole nitrogens is 2. The second-order valence-electron chi connectivity index (χ2n) is 5.02. The number of nitrogens with zero attached hydrogens (tertiary/aromatic N) is 1. The van der Waals surface area contributed by atoms with E-state index in [4.69, 9.17) is 0 Å². The molecule has 0 saturated heterocycles. The fraction of sp³-hybridized carbons (Fsp3) is 0.125. The van der Waals surface area contributed by atoms with Crippen LogP contribution in [-0.2, 0) is 17.8 Å². The van der Waals surface area contributed by atoms with Crippen molar-refractivity contribution in [2.75, 3.05) is 0 Å². The van der Waals surface area contributed by atoms with Crippen molar-refractivity contribution in [3.05, 3.63) is 74.6 Å². The first-order valence-electron chi connectivity index (χ1n) is 7.05. The Morgan fingerprint density at radius 1 is 1.04 bits per heavy atom. The van der Waals surface area contributed by atoms with Crippen molar-refractivity contribution in [3.63, 3.8) is 0 Å². The van der Waals surface area contributed by atoms with Crippen LogP contribution in [0.1, 0.15) is 11.3 Å². The Labute approximate surface area is 130 Å². The van der Waals surface area contributed by atoms with Crippen LogP contribution in [0.3, 0.4) is 0 Å². The van der Waals surface area contributed by atoms with Gasteiger partial charge in [0.25, 0.3) is 11.1 Å². The number of rotatable bonds is 4. The normalized spacial score (nSPS) is 10.6. The molecule has 0 spiro atoms. The van der Waals surface area contributed by atoms with Gasteiger partial charge in [0.05, 0.1) is 17.5 Å². The van der Waals surface area contributed by atoms with Crippen LogP contribution in [-0.4, -0.2) is 21.1 Å². The molecule has 7 nitrogen and oxygen atoms in total. The van der Waals surface area contributed by atoms with E-state index in [1.165, 1.54) is 6.20 Å². The molecule has 3 N–H and O–H groups in total. The number of pyridine rings is 1. The molecule has 1 amide bonds. The SMILES string of the molecule is O=C(Cc1n[nH]c(=O)c2ccccc12)NCc1ccc[nH]c1=O. The summed E-state index contributed by atoms with van der Waals surface area (Å²) < 4.78 is 0. The lowest BCUT2D eigenvalue weighted by Gasteiger charge is -2.06. The van der Waals surface area contributed by atoms with Gasteiger partial charge in [0.2, 0.25) is 5.91 Å². The van der Waals surface area contributed by atoms with E-state index in [1.807, 2.05) is 0 Å². The number of carbonyl (C=O) groups excluding carboxylic acids is 1. The van der Waals surface area contributed by atoms with Gasteiger partial charge in [-0.3, -0.25) is 14.4 Å². The summed E-state index contributed by atoms with van der Waals surface area (Å²) in [5.74, 6) is -0.280. The van der Waals surface area contributed by atoms with Crippen molar-refractivity contribution in [3.8, 4) is 0 Å². The standard InChI is InChI=1S/C16H14N4O3/c21-14(18-9-10-4-3-7-17-15(10)22)8-13-11-5-1-2-6-12(11)16(23)20-19-13/h1-7H,8-9H2,(H,17,22)(H,18,21)(H,20,23). The fourth-order valence-electron chi connectivity index (χ4n) is 2.31. The number of nitrogens with one attached hydrogen (secondary N) is 3. The molecule has 0 atom stereocenters. The third-order valence-corrected chi connectivity index (χ3v) is 3.48. The smallest absolute Gasteiger partial charge is 0.272 e. The summed E-state index contributed by atoms with van der Waals surface area (Å²) in [5.41, 5.74) is 0.431. The first-order chi connectivity index (χ1) is 11.1. The molecule has 3 aromatic rings.